The summed E-state index contributed by atoms with van der Waals surface area (Å²) in [4.78, 5) is 19.2. The zero-order valence-corrected chi connectivity index (χ0v) is 16.9. The lowest BCUT2D eigenvalue weighted by molar-refractivity contribution is -0.751. The van der Waals surface area contributed by atoms with Crippen molar-refractivity contribution in [2.45, 2.75) is 89.9 Å². The number of allylic oxidation sites excluding steroid dienone is 2. The summed E-state index contributed by atoms with van der Waals surface area (Å²) >= 11 is 0. The molecular formula is C20H36O8. The van der Waals surface area contributed by atoms with E-state index >= 15 is 0 Å². The minimum Gasteiger partial charge on any atom is -0.345 e. The van der Waals surface area contributed by atoms with Crippen LogP contribution in [0.1, 0.15) is 89.9 Å². The van der Waals surface area contributed by atoms with Gasteiger partial charge >= 0.3 is 0 Å². The van der Waals surface area contributed by atoms with Crippen molar-refractivity contribution in [1.82, 2.24) is 0 Å². The Bertz CT molecular complexity index is 328. The van der Waals surface area contributed by atoms with E-state index in [1.165, 1.54) is 89.2 Å². The number of hydrogen-bond acceptors (Lipinski definition) is 8. The highest BCUT2D eigenvalue weighted by molar-refractivity contribution is 4.95. The maximum Gasteiger partial charge on any atom is 0.133 e. The molecule has 0 bridgehead atoms. The van der Waals surface area contributed by atoms with E-state index < -0.39 is 0 Å². The Morgan fingerprint density at radius 2 is 0.786 bits per heavy atom. The molecule has 0 saturated carbocycles. The molecular weight excluding hydrogens is 368 g/mol. The van der Waals surface area contributed by atoms with Crippen molar-refractivity contribution in [3.8, 4) is 0 Å². The zero-order valence-electron chi connectivity index (χ0n) is 16.9. The summed E-state index contributed by atoms with van der Waals surface area (Å²) in [6, 6.07) is 0. The first-order valence-electron chi connectivity index (χ1n) is 10.5. The minimum atomic E-state index is 0.428. The molecule has 1 aliphatic heterocycles. The van der Waals surface area contributed by atoms with E-state index in [2.05, 4.69) is 25.0 Å². The van der Waals surface area contributed by atoms with E-state index in [1.807, 2.05) is 0 Å². The van der Waals surface area contributed by atoms with Gasteiger partial charge in [-0.15, -0.1) is 0 Å². The normalized spacial score (nSPS) is 22.3. The summed E-state index contributed by atoms with van der Waals surface area (Å²) in [7, 11) is 0. The Hall–Kier alpha value is -1.16. The molecule has 1 rings (SSSR count). The van der Waals surface area contributed by atoms with Gasteiger partial charge in [-0.2, -0.15) is 4.89 Å². The van der Waals surface area contributed by atoms with E-state index in [4.69, 9.17) is 14.7 Å². The van der Waals surface area contributed by atoms with Gasteiger partial charge in [-0.05, 0) is 35.1 Å². The summed E-state index contributed by atoms with van der Waals surface area (Å²) in [6.07, 6.45) is 23.0. The lowest BCUT2D eigenvalue weighted by Gasteiger charge is -2.04. The fourth-order valence-electron chi connectivity index (χ4n) is 2.80. The molecule has 0 spiro atoms. The molecule has 0 fully saturated rings. The van der Waals surface area contributed by atoms with Gasteiger partial charge in [0.2, 0.25) is 0 Å². The Morgan fingerprint density at radius 3 is 1.36 bits per heavy atom. The largest absolute Gasteiger partial charge is 0.345 e. The second-order valence-corrected chi connectivity index (χ2v) is 6.72. The third-order valence-electron chi connectivity index (χ3n) is 4.32. The quantitative estimate of drug-likeness (QED) is 0.448. The van der Waals surface area contributed by atoms with Crippen LogP contribution in [0.25, 0.3) is 0 Å². The van der Waals surface area contributed by atoms with Gasteiger partial charge in [0, 0.05) is 10.1 Å². The maximum atomic E-state index is 5.05. The first kappa shape index (κ1) is 24.9. The fraction of sp³-hybridized carbons (Fsp3) is 0.800. The van der Waals surface area contributed by atoms with Gasteiger partial charge in [0.05, 0.1) is 13.2 Å². The molecule has 0 aromatic heterocycles. The smallest absolute Gasteiger partial charge is 0.133 e. The minimum absolute atomic E-state index is 0.428. The summed E-state index contributed by atoms with van der Waals surface area (Å²) in [6.45, 7) is 1.01. The Morgan fingerprint density at radius 1 is 0.357 bits per heavy atom. The molecule has 0 radical (unpaired) electrons. The van der Waals surface area contributed by atoms with Gasteiger partial charge < -0.3 is 9.78 Å². The first-order valence-corrected chi connectivity index (χ1v) is 10.5. The molecule has 0 unspecified atom stereocenters. The summed E-state index contributed by atoms with van der Waals surface area (Å²) in [5, 5.41) is 16.8. The van der Waals surface area contributed by atoms with Crippen molar-refractivity contribution in [2.24, 2.45) is 0 Å². The van der Waals surface area contributed by atoms with Crippen LogP contribution in [0.15, 0.2) is 24.7 Å². The van der Waals surface area contributed by atoms with Crippen LogP contribution in [0.5, 0.6) is 0 Å². The summed E-state index contributed by atoms with van der Waals surface area (Å²) in [5.41, 5.74) is 0. The molecule has 1 aliphatic rings. The fourth-order valence-corrected chi connectivity index (χ4v) is 2.80. The molecule has 0 atom stereocenters. The van der Waals surface area contributed by atoms with Gasteiger partial charge in [0.15, 0.2) is 0 Å². The molecule has 0 saturated heterocycles. The van der Waals surface area contributed by atoms with Gasteiger partial charge in [0.1, 0.15) is 12.5 Å². The second kappa shape index (κ2) is 22.1. The van der Waals surface area contributed by atoms with Crippen molar-refractivity contribution in [3.63, 3.8) is 0 Å². The molecule has 0 amide bonds. The molecule has 1 heterocycles. The van der Waals surface area contributed by atoms with Crippen LogP contribution in [0.3, 0.4) is 0 Å². The predicted octanol–water partition coefficient (Wildman–Crippen LogP) is 6.11. The van der Waals surface area contributed by atoms with Crippen molar-refractivity contribution < 1.29 is 39.7 Å². The van der Waals surface area contributed by atoms with Crippen LogP contribution < -0.4 is 0 Å². The van der Waals surface area contributed by atoms with E-state index in [0.29, 0.717) is 13.2 Å². The standard InChI is InChI=1S/C20H36O8/c1-2-4-6-8-10-12-14-19-23-25-27-28-26-24-20-16-15-18-22-21-17-13-11-9-7-5-3-1/h15-16,18,20H,1-14,17,19H2. The summed E-state index contributed by atoms with van der Waals surface area (Å²) in [5.74, 6) is 0. The third-order valence-corrected chi connectivity index (χ3v) is 4.32. The molecule has 0 N–H and O–H groups in total. The Kier molecular flexibility index (Phi) is 19.7. The van der Waals surface area contributed by atoms with Crippen LogP contribution in [0.4, 0.5) is 0 Å². The lowest BCUT2D eigenvalue weighted by Crippen LogP contribution is -2.00. The highest BCUT2D eigenvalue weighted by Crippen LogP contribution is 2.13. The highest BCUT2D eigenvalue weighted by Gasteiger charge is 1.96. The van der Waals surface area contributed by atoms with Crippen molar-refractivity contribution in [2.75, 3.05) is 13.2 Å². The highest BCUT2D eigenvalue weighted by atomic mass is 17.8. The van der Waals surface area contributed by atoms with Crippen LogP contribution in [0.2, 0.25) is 0 Å². The van der Waals surface area contributed by atoms with Crippen LogP contribution in [0, 0.1) is 0 Å². The van der Waals surface area contributed by atoms with Gasteiger partial charge in [-0.25, -0.2) is 4.89 Å². The Balaban J connectivity index is 2.08. The Labute approximate surface area is 168 Å². The molecule has 8 heteroatoms. The van der Waals surface area contributed by atoms with Crippen molar-refractivity contribution >= 4 is 0 Å². The third kappa shape index (κ3) is 19.6. The van der Waals surface area contributed by atoms with E-state index in [9.17, 15) is 0 Å². The monoisotopic (exact) mass is 404 g/mol. The molecule has 0 aromatic carbocycles. The van der Waals surface area contributed by atoms with Crippen molar-refractivity contribution in [3.05, 3.63) is 24.7 Å². The summed E-state index contributed by atoms with van der Waals surface area (Å²) < 4.78 is 0. The van der Waals surface area contributed by atoms with Crippen LogP contribution in [-0.4, -0.2) is 13.2 Å². The van der Waals surface area contributed by atoms with Gasteiger partial charge in [-0.3, -0.25) is 0 Å². The average molecular weight is 405 g/mol. The van der Waals surface area contributed by atoms with E-state index in [1.54, 1.807) is 6.08 Å². The van der Waals surface area contributed by atoms with Crippen molar-refractivity contribution in [1.29, 1.82) is 0 Å². The van der Waals surface area contributed by atoms with E-state index in [0.717, 1.165) is 19.3 Å². The zero-order chi connectivity index (χ0) is 19.8. The molecule has 28 heavy (non-hydrogen) atoms. The number of rotatable bonds is 0. The molecule has 8 nitrogen and oxygen atoms in total. The average Bonchev–Trinajstić information content (AvgIpc) is 2.71. The molecule has 164 valence electrons. The number of hydrogen-bond donors (Lipinski definition) is 0. The van der Waals surface area contributed by atoms with Gasteiger partial charge in [-0.1, -0.05) is 77.0 Å². The van der Waals surface area contributed by atoms with Crippen LogP contribution in [-0.2, 0) is 39.7 Å². The lowest BCUT2D eigenvalue weighted by atomic mass is 10.0. The van der Waals surface area contributed by atoms with Gasteiger partial charge in [0.25, 0.3) is 0 Å². The second-order valence-electron chi connectivity index (χ2n) is 6.72. The maximum absolute atomic E-state index is 5.05. The molecule has 0 aromatic rings. The molecule has 0 aliphatic carbocycles. The first-order chi connectivity index (χ1) is 14.0. The predicted molar refractivity (Wildman–Crippen MR) is 101 cm³/mol. The van der Waals surface area contributed by atoms with Crippen LogP contribution >= 0.6 is 0 Å². The van der Waals surface area contributed by atoms with E-state index in [-0.39, 0.29) is 0 Å². The topological polar surface area (TPSA) is 73.8 Å². The SMILES string of the molecule is C1=COOCCCCCCCCCCCCCCCCOOOOOOC=C1.